The Morgan fingerprint density at radius 2 is 1.94 bits per heavy atom. The third kappa shape index (κ3) is 4.50. The van der Waals surface area contributed by atoms with Crippen molar-refractivity contribution in [2.24, 2.45) is 10.9 Å². The van der Waals surface area contributed by atoms with Gasteiger partial charge in [-0.1, -0.05) is 5.16 Å². The number of nitrogens with zero attached hydrogens (tertiary/aromatic N) is 3. The van der Waals surface area contributed by atoms with E-state index >= 15 is 0 Å². The SMILES string of the molecule is CC(C)(C)OC(=O)C(C)(C)ON=C(C(=O)NC1C(=O)NC12CC2N)c1csc(N2C(=O)OC2(C)C)n1. The van der Waals surface area contributed by atoms with Gasteiger partial charge in [0.05, 0.1) is 5.54 Å². The van der Waals surface area contributed by atoms with Crippen molar-refractivity contribution in [3.05, 3.63) is 11.1 Å². The van der Waals surface area contributed by atoms with E-state index in [9.17, 15) is 19.2 Å². The molecule has 14 heteroatoms. The van der Waals surface area contributed by atoms with Gasteiger partial charge in [-0.2, -0.15) is 0 Å². The van der Waals surface area contributed by atoms with Crippen molar-refractivity contribution in [1.82, 2.24) is 15.6 Å². The zero-order valence-corrected chi connectivity index (χ0v) is 21.9. The van der Waals surface area contributed by atoms with Gasteiger partial charge in [0.15, 0.2) is 16.6 Å². The highest BCUT2D eigenvalue weighted by Crippen LogP contribution is 2.43. The van der Waals surface area contributed by atoms with Crippen LogP contribution in [0.15, 0.2) is 10.5 Å². The lowest BCUT2D eigenvalue weighted by atomic mass is 9.95. The number of hydrogen-bond acceptors (Lipinski definition) is 11. The number of ether oxygens (including phenoxy) is 2. The maximum atomic E-state index is 13.3. The number of cyclic esters (lactones) is 1. The molecular formula is C22H30N6O7S. The van der Waals surface area contributed by atoms with Crippen LogP contribution in [0.4, 0.5) is 9.93 Å². The number of hydrogen-bond donors (Lipinski definition) is 3. The number of nitrogens with two attached hydrogens (primary N) is 1. The lowest BCUT2D eigenvalue weighted by molar-refractivity contribution is -0.179. The van der Waals surface area contributed by atoms with Crippen molar-refractivity contribution in [3.63, 3.8) is 0 Å². The number of aromatic nitrogens is 1. The number of thiazole rings is 1. The lowest BCUT2D eigenvalue weighted by Crippen LogP contribution is -2.73. The van der Waals surface area contributed by atoms with Crippen LogP contribution in [-0.2, 0) is 28.7 Å². The molecule has 0 aromatic carbocycles. The third-order valence-electron chi connectivity index (χ3n) is 5.92. The summed E-state index contributed by atoms with van der Waals surface area (Å²) >= 11 is 1.09. The second-order valence-electron chi connectivity index (χ2n) is 11.0. The molecule has 2 aliphatic heterocycles. The summed E-state index contributed by atoms with van der Waals surface area (Å²) < 4.78 is 10.5. The summed E-state index contributed by atoms with van der Waals surface area (Å²) in [7, 11) is 0. The maximum Gasteiger partial charge on any atom is 0.421 e. The molecule has 4 N–H and O–H groups in total. The summed E-state index contributed by atoms with van der Waals surface area (Å²) in [5.74, 6) is -1.81. The normalized spacial score (nSPS) is 26.9. The number of carbonyl (C=O) groups excluding carboxylic acids is 4. The van der Waals surface area contributed by atoms with Crippen molar-refractivity contribution in [2.75, 3.05) is 4.90 Å². The molecule has 1 aromatic heterocycles. The average Bonchev–Trinajstić information content (AvgIpc) is 3.18. The van der Waals surface area contributed by atoms with E-state index in [-0.39, 0.29) is 28.5 Å². The molecule has 1 spiro atoms. The molecule has 3 atom stereocenters. The molecule has 0 bridgehead atoms. The Morgan fingerprint density at radius 1 is 1.31 bits per heavy atom. The van der Waals surface area contributed by atoms with Gasteiger partial charge in [0.1, 0.15) is 17.3 Å². The molecule has 1 saturated carbocycles. The fourth-order valence-corrected chi connectivity index (χ4v) is 4.71. The van der Waals surface area contributed by atoms with Crippen LogP contribution < -0.4 is 21.3 Å². The lowest BCUT2D eigenvalue weighted by Gasteiger charge is -2.44. The van der Waals surface area contributed by atoms with E-state index in [1.807, 2.05) is 0 Å². The molecular weight excluding hydrogens is 492 g/mol. The molecule has 3 amide bonds. The van der Waals surface area contributed by atoms with E-state index in [0.29, 0.717) is 6.42 Å². The molecule has 196 valence electrons. The fraction of sp³-hybridized carbons (Fsp3) is 0.636. The van der Waals surface area contributed by atoms with Gasteiger partial charge in [-0.3, -0.25) is 9.59 Å². The second kappa shape index (κ2) is 8.13. The first-order chi connectivity index (χ1) is 16.5. The highest BCUT2D eigenvalue weighted by Gasteiger charge is 2.68. The quantitative estimate of drug-likeness (QED) is 0.202. The molecule has 36 heavy (non-hydrogen) atoms. The predicted molar refractivity (Wildman–Crippen MR) is 128 cm³/mol. The van der Waals surface area contributed by atoms with E-state index in [1.54, 1.807) is 34.6 Å². The predicted octanol–water partition coefficient (Wildman–Crippen LogP) is 0.761. The highest BCUT2D eigenvalue weighted by atomic mass is 32.1. The monoisotopic (exact) mass is 522 g/mol. The first-order valence-corrected chi connectivity index (χ1v) is 12.2. The summed E-state index contributed by atoms with van der Waals surface area (Å²) in [4.78, 5) is 61.2. The molecule has 2 saturated heterocycles. The van der Waals surface area contributed by atoms with Crippen LogP contribution in [0.3, 0.4) is 0 Å². The number of amides is 3. The van der Waals surface area contributed by atoms with E-state index in [2.05, 4.69) is 20.8 Å². The summed E-state index contributed by atoms with van der Waals surface area (Å²) in [5, 5.41) is 11.1. The van der Waals surface area contributed by atoms with Crippen LogP contribution in [0.25, 0.3) is 0 Å². The summed E-state index contributed by atoms with van der Waals surface area (Å²) in [5.41, 5.74) is 1.85. The van der Waals surface area contributed by atoms with Gasteiger partial charge in [0.2, 0.25) is 11.5 Å². The van der Waals surface area contributed by atoms with Gasteiger partial charge in [-0.15, -0.1) is 11.3 Å². The van der Waals surface area contributed by atoms with Gasteiger partial charge < -0.3 is 30.7 Å². The standard InChI is InChI=1S/C22H30N6O7S/c1-19(2,3)33-16(31)20(4,5)35-27-12(14(29)25-13-15(30)26-22(13)8-11(22)23)10-9-36-17(24-10)28-18(32)34-21(28,6)7/h9,11,13H,8,23H2,1-7H3,(H,25,29)(H,26,30). The number of rotatable bonds is 7. The third-order valence-corrected chi connectivity index (χ3v) is 6.75. The molecule has 1 aliphatic carbocycles. The minimum atomic E-state index is -1.55. The fourth-order valence-electron chi connectivity index (χ4n) is 3.78. The molecule has 0 radical (unpaired) electrons. The molecule has 4 rings (SSSR count). The Bertz CT molecular complexity index is 1170. The highest BCUT2D eigenvalue weighted by molar-refractivity contribution is 7.14. The topological polar surface area (TPSA) is 175 Å². The molecule has 1 aromatic rings. The van der Waals surface area contributed by atoms with Crippen LogP contribution in [0, 0.1) is 0 Å². The summed E-state index contributed by atoms with van der Waals surface area (Å²) in [6.07, 6.45) is -0.0484. The van der Waals surface area contributed by atoms with Gasteiger partial charge >= 0.3 is 12.1 Å². The molecule has 3 fully saturated rings. The minimum absolute atomic E-state index is 0.0804. The summed E-state index contributed by atoms with van der Waals surface area (Å²) in [6.45, 7) is 11.4. The van der Waals surface area contributed by atoms with E-state index in [4.69, 9.17) is 20.0 Å². The van der Waals surface area contributed by atoms with Crippen molar-refractivity contribution in [1.29, 1.82) is 0 Å². The maximum absolute atomic E-state index is 13.3. The summed E-state index contributed by atoms with van der Waals surface area (Å²) in [6, 6.07) is -1.11. The van der Waals surface area contributed by atoms with Gasteiger partial charge in [0, 0.05) is 11.4 Å². The number of carbonyl (C=O) groups is 4. The molecule has 3 heterocycles. The van der Waals surface area contributed by atoms with Crippen LogP contribution >= 0.6 is 11.3 Å². The number of nitrogens with one attached hydrogen (secondary N) is 2. The number of β-lactam (4-membered cyclic amide) rings is 1. The second-order valence-corrected chi connectivity index (χ2v) is 11.8. The first-order valence-electron chi connectivity index (χ1n) is 11.3. The van der Waals surface area contributed by atoms with Crippen molar-refractivity contribution in [2.45, 2.75) is 89.4 Å². The molecule has 13 nitrogen and oxygen atoms in total. The van der Waals surface area contributed by atoms with Crippen LogP contribution in [0.5, 0.6) is 0 Å². The minimum Gasteiger partial charge on any atom is -0.457 e. The first kappa shape index (κ1) is 25.8. The Hall–Kier alpha value is -3.26. The number of oxime groups is 1. The molecule has 3 unspecified atom stereocenters. The van der Waals surface area contributed by atoms with Gasteiger partial charge in [0.25, 0.3) is 5.91 Å². The zero-order valence-electron chi connectivity index (χ0n) is 21.1. The smallest absolute Gasteiger partial charge is 0.421 e. The largest absolute Gasteiger partial charge is 0.457 e. The average molecular weight is 523 g/mol. The zero-order chi connectivity index (χ0) is 26.8. The van der Waals surface area contributed by atoms with Crippen LogP contribution in [0.2, 0.25) is 0 Å². The van der Waals surface area contributed by atoms with Gasteiger partial charge in [-0.25, -0.2) is 19.5 Å². The van der Waals surface area contributed by atoms with Gasteiger partial charge in [-0.05, 0) is 54.9 Å². The van der Waals surface area contributed by atoms with Crippen LogP contribution in [0.1, 0.15) is 60.6 Å². The Labute approximate surface area is 211 Å². The van der Waals surface area contributed by atoms with E-state index < -0.39 is 46.5 Å². The number of anilines is 1. The van der Waals surface area contributed by atoms with Crippen molar-refractivity contribution >= 4 is 46.1 Å². The van der Waals surface area contributed by atoms with Crippen LogP contribution in [-0.4, -0.2) is 69.1 Å². The Morgan fingerprint density at radius 3 is 2.44 bits per heavy atom. The Kier molecular flexibility index (Phi) is 5.83. The van der Waals surface area contributed by atoms with E-state index in [1.165, 1.54) is 24.1 Å². The molecule has 3 aliphatic rings. The van der Waals surface area contributed by atoms with E-state index in [0.717, 1.165) is 11.3 Å². The number of esters is 1. The van der Waals surface area contributed by atoms with Crippen molar-refractivity contribution in [3.8, 4) is 0 Å². The Balaban J connectivity index is 1.60. The van der Waals surface area contributed by atoms with Crippen molar-refractivity contribution < 1.29 is 33.5 Å².